The molecule has 2 aliphatic heterocycles. The summed E-state index contributed by atoms with van der Waals surface area (Å²) in [4.78, 5) is 145. The summed E-state index contributed by atoms with van der Waals surface area (Å²) in [7, 11) is 2.20. The molecule has 1 unspecified atom stereocenters. The first-order valence-electron chi connectivity index (χ1n) is 37.8. The summed E-state index contributed by atoms with van der Waals surface area (Å²) in [6, 6.07) is 37.2. The van der Waals surface area contributed by atoms with E-state index in [0.717, 1.165) is 53.6 Å². The van der Waals surface area contributed by atoms with Crippen molar-refractivity contribution in [3.05, 3.63) is 185 Å². The molecule has 12 atom stereocenters. The Labute approximate surface area is 621 Å². The van der Waals surface area contributed by atoms with E-state index in [0.29, 0.717) is 67.7 Å². The van der Waals surface area contributed by atoms with Gasteiger partial charge >= 0.3 is 0 Å². The van der Waals surface area contributed by atoms with E-state index in [1.54, 1.807) is 6.20 Å². The number of hydrogen-bond donors (Lipinski definition) is 9. The van der Waals surface area contributed by atoms with E-state index in [2.05, 4.69) is 67.5 Å². The van der Waals surface area contributed by atoms with Gasteiger partial charge in [0.1, 0.15) is 11.8 Å². The number of aliphatic imine (C=N–C) groups is 1. The van der Waals surface area contributed by atoms with Crippen LogP contribution in [0.2, 0.25) is 0 Å². The van der Waals surface area contributed by atoms with Gasteiger partial charge in [-0.15, -0.1) is 0 Å². The quantitative estimate of drug-likeness (QED) is 0.0174. The van der Waals surface area contributed by atoms with Crippen molar-refractivity contribution in [2.45, 2.75) is 184 Å². The highest BCUT2D eigenvalue weighted by Gasteiger charge is 2.42. The van der Waals surface area contributed by atoms with E-state index in [9.17, 15) is 24.3 Å². The Bertz CT molecular complexity index is 4030. The molecule has 1 aromatic heterocycles. The molecule has 4 aliphatic rings. The zero-order valence-electron chi connectivity index (χ0n) is 60.8. The summed E-state index contributed by atoms with van der Waals surface area (Å²) < 4.78 is 0. The molecule has 0 bridgehead atoms. The van der Waals surface area contributed by atoms with Gasteiger partial charge in [-0.25, -0.2) is 0 Å². The van der Waals surface area contributed by atoms with Crippen molar-refractivity contribution in [2.24, 2.45) is 51.8 Å². The highest BCUT2D eigenvalue weighted by Crippen LogP contribution is 2.49. The number of aliphatic hydroxyl groups is 1. The minimum atomic E-state index is -1.46. The number of hydrogen-bond acceptors (Lipinski definition) is 14. The Morgan fingerprint density at radius 2 is 1.24 bits per heavy atom. The molecule has 3 heterocycles. The fourth-order valence-corrected chi connectivity index (χ4v) is 17.1. The lowest BCUT2D eigenvalue weighted by molar-refractivity contribution is -0.136. The van der Waals surface area contributed by atoms with Crippen LogP contribution in [0.5, 0.6) is 0 Å². The number of carbonyl (C=O) groups is 9. The maximum absolute atomic E-state index is 15.5. The molecule has 5 aromatic carbocycles. The number of nitrogens with one attached hydrogen (secondary N) is 5. The number of nitrogens with two attached hydrogens (primary N) is 3. The number of piperidine rings is 1. The number of allylic oxidation sites excluding steroid dienone is 1. The number of amides is 4. The lowest BCUT2D eigenvalue weighted by atomic mass is 9.70. The molecular weight excluding hydrogens is 1340 g/mol. The number of aliphatic hydroxyl groups excluding tert-OH is 1. The standard InChI is InChI=1S/C84H106N10O10S/c1-53(95)80-77(100)47-62(39-54-21-7-3-8-22-54)73(96)34-14-6-13-33-69(90-78(101)52-105-51-57-41-67-66-31-19-28-58-35-36-59(79(58)66)44-72(67)94(2)50-57)74(97)45-61(29-20-38-88-84(86)87)81(102)91-70(42-56-25-11-5-12-26-56)76(99)48-63(40-55-23-9-4-10-24-55)83(104)92-71(43-64-49-89-68-32-16-15-30-65(64)68)75(98)46-60(82(103)93-80)27-17-18-37-85/h3-5,7-12,15-16,19,21-26,28,30-32,36,49,53,57,60-63,67,69-72,80,89,95H,6,13-14,17-18,20,27,29,33-35,37-48,50-52,85H2,1-2H3,(H,90,101)(H,91,102)(H,92,104)(H,93,103)(H4,86,87,88)/t53-,57-,60-,61-,62-,63-,67-,69-,70+,71-,72-,80?/m1/s1. The van der Waals surface area contributed by atoms with Crippen molar-refractivity contribution in [1.82, 2.24) is 31.2 Å². The zero-order valence-corrected chi connectivity index (χ0v) is 61.6. The Kier molecular flexibility index (Phi) is 29.2. The lowest BCUT2D eigenvalue weighted by Crippen LogP contribution is -2.51. The molecule has 12 N–H and O–H groups in total. The number of thioether (sulfide) groups is 1. The second-order valence-electron chi connectivity index (χ2n) is 29.6. The molecular formula is C84H106N10O10S. The number of fused-ring (bicyclic) bond motifs is 3. The van der Waals surface area contributed by atoms with Gasteiger partial charge in [0.05, 0.1) is 30.0 Å². The van der Waals surface area contributed by atoms with Crippen molar-refractivity contribution in [3.63, 3.8) is 0 Å². The lowest BCUT2D eigenvalue weighted by Gasteiger charge is -2.46. The molecule has 2 aliphatic carbocycles. The number of carbonyl (C=O) groups excluding carboxylic acids is 9. The number of likely N-dealkylation sites (tertiary alicyclic amines) is 1. The van der Waals surface area contributed by atoms with Gasteiger partial charge in [0.25, 0.3) is 0 Å². The zero-order chi connectivity index (χ0) is 74.4. The fourth-order valence-electron chi connectivity index (χ4n) is 16.1. The number of rotatable bonds is 22. The van der Waals surface area contributed by atoms with Crippen molar-refractivity contribution in [2.75, 3.05) is 38.2 Å². The van der Waals surface area contributed by atoms with Gasteiger partial charge in [0.15, 0.2) is 29.1 Å². The molecule has 6 aromatic rings. The first-order valence-corrected chi connectivity index (χ1v) is 39.0. The van der Waals surface area contributed by atoms with Gasteiger partial charge in [0.2, 0.25) is 23.6 Å². The van der Waals surface area contributed by atoms with Gasteiger partial charge in [-0.3, -0.25) is 48.1 Å². The molecule has 558 valence electrons. The molecule has 10 rings (SSSR count). The number of H-pyrrole nitrogens is 1. The van der Waals surface area contributed by atoms with Crippen LogP contribution in [0.4, 0.5) is 0 Å². The van der Waals surface area contributed by atoms with Crippen LogP contribution in [-0.4, -0.2) is 148 Å². The third kappa shape index (κ3) is 22.3. The van der Waals surface area contributed by atoms with Crippen LogP contribution >= 0.6 is 11.8 Å². The Morgan fingerprint density at radius 3 is 1.91 bits per heavy atom. The molecule has 105 heavy (non-hydrogen) atoms. The van der Waals surface area contributed by atoms with Crippen LogP contribution in [-0.2, 0) is 75.3 Å². The minimum absolute atomic E-state index is 0.0163. The number of likely N-dealkylation sites (N-methyl/N-ethyl adjacent to an activating group) is 1. The number of guanidine groups is 1. The third-order valence-corrected chi connectivity index (χ3v) is 22.9. The number of aromatic amines is 1. The highest BCUT2D eigenvalue weighted by atomic mass is 32.2. The Morgan fingerprint density at radius 1 is 0.638 bits per heavy atom. The van der Waals surface area contributed by atoms with Crippen LogP contribution in [0.3, 0.4) is 0 Å². The number of aromatic nitrogens is 1. The molecule has 0 radical (unpaired) electrons. The summed E-state index contributed by atoms with van der Waals surface area (Å²) in [5, 5.41) is 24.2. The van der Waals surface area contributed by atoms with Crippen LogP contribution in [0.1, 0.15) is 155 Å². The smallest absolute Gasteiger partial charge is 0.230 e. The van der Waals surface area contributed by atoms with Crippen molar-refractivity contribution in [1.29, 1.82) is 0 Å². The molecule has 2 saturated heterocycles. The number of Topliss-reactive ketones (excluding diaryl/α,β-unsaturated/α-hetero) is 5. The summed E-state index contributed by atoms with van der Waals surface area (Å²) in [5.74, 6) is -7.07. The molecule has 4 amide bonds. The van der Waals surface area contributed by atoms with Gasteiger partial charge in [-0.1, -0.05) is 153 Å². The monoisotopic (exact) mass is 1450 g/mol. The number of ketones is 5. The summed E-state index contributed by atoms with van der Waals surface area (Å²) >= 11 is 1.54. The van der Waals surface area contributed by atoms with Crippen molar-refractivity contribution >= 4 is 86.7 Å². The van der Waals surface area contributed by atoms with Crippen LogP contribution in [0.15, 0.2) is 151 Å². The van der Waals surface area contributed by atoms with E-state index >= 15 is 24.0 Å². The molecule has 0 spiro atoms. The van der Waals surface area contributed by atoms with Crippen molar-refractivity contribution < 1.29 is 48.3 Å². The highest BCUT2D eigenvalue weighted by molar-refractivity contribution is 7.99. The predicted molar refractivity (Wildman–Crippen MR) is 413 cm³/mol. The third-order valence-electron chi connectivity index (χ3n) is 21.7. The summed E-state index contributed by atoms with van der Waals surface area (Å²) in [5.41, 5.74) is 26.9. The SMILES string of the molecule is C[C@@H](O)C1NC(=O)[C@H](CCCCN)CC(=O)[C@@H](Cc2c[nH]c3ccccc23)NC(=O)[C@H](Cc2ccccc2)CC(=O)[C@H](Cc2ccccc2)NC(=O)[C@H](CCCN=C(N)N)CC(=O)[C@H](NC(=O)CSC[C@@H]2C[C@@H]3c4cccc5c4C(=CC5)C[C@H]3N(C)C2)CCCCCC(=O)[C@H](Cc2ccccc2)CC1=O. The Balaban J connectivity index is 0.964. The minimum Gasteiger partial charge on any atom is -0.391 e. The molecule has 21 heteroatoms. The fraction of sp³-hybridized carbons (Fsp3) is 0.476. The largest absolute Gasteiger partial charge is 0.391 e. The number of para-hydroxylation sites is 1. The molecule has 2 fully saturated rings. The first-order chi connectivity index (χ1) is 50.8. The first kappa shape index (κ1) is 78.7. The number of unbranched alkanes of at least 4 members (excludes halogenated alkanes) is 1. The maximum Gasteiger partial charge on any atom is 0.230 e. The van der Waals surface area contributed by atoms with E-state index in [4.69, 9.17) is 17.2 Å². The molecule has 0 saturated carbocycles. The van der Waals surface area contributed by atoms with Gasteiger partial charge in [-0.2, -0.15) is 11.8 Å². The average molecular weight is 1450 g/mol. The number of benzene rings is 5. The normalized spacial score (nSPS) is 24.8. The maximum atomic E-state index is 15.5. The second-order valence-corrected chi connectivity index (χ2v) is 30.6. The van der Waals surface area contributed by atoms with Crippen LogP contribution in [0.25, 0.3) is 16.5 Å². The van der Waals surface area contributed by atoms with E-state index < -0.39 is 101 Å². The topological polar surface area (TPSA) is 331 Å². The van der Waals surface area contributed by atoms with Gasteiger partial charge < -0.3 is 53.5 Å². The predicted octanol–water partition coefficient (Wildman–Crippen LogP) is 8.96. The van der Waals surface area contributed by atoms with Crippen molar-refractivity contribution in [3.8, 4) is 0 Å². The average Bonchev–Trinajstić information content (AvgIpc) is 1.62. The van der Waals surface area contributed by atoms with Gasteiger partial charge in [-0.05, 0) is 160 Å². The summed E-state index contributed by atoms with van der Waals surface area (Å²) in [6.45, 7) is 2.73. The van der Waals surface area contributed by atoms with Gasteiger partial charge in [0, 0.05) is 104 Å². The van der Waals surface area contributed by atoms with E-state index in [1.807, 2.05) is 115 Å². The number of nitrogens with zero attached hydrogens (tertiary/aromatic N) is 2. The van der Waals surface area contributed by atoms with Crippen LogP contribution < -0.4 is 38.5 Å². The van der Waals surface area contributed by atoms with E-state index in [-0.39, 0.29) is 107 Å². The van der Waals surface area contributed by atoms with E-state index in [1.165, 1.54) is 40.9 Å². The second kappa shape index (κ2) is 38.9. The Hall–Kier alpha value is -8.89. The van der Waals surface area contributed by atoms with Crippen LogP contribution in [0, 0.1) is 29.6 Å². The molecule has 20 nitrogen and oxygen atoms in total. The summed E-state index contributed by atoms with van der Waals surface area (Å²) in [6.07, 6.45) is 7.58.